The molecule has 0 unspecified atom stereocenters. The maximum absolute atomic E-state index is 11.0. The zero-order chi connectivity index (χ0) is 19.9. The minimum absolute atomic E-state index is 0.236. The first-order valence-corrected chi connectivity index (χ1v) is 13.5. The van der Waals surface area contributed by atoms with E-state index in [-0.39, 0.29) is 5.75 Å². The lowest BCUT2D eigenvalue weighted by Crippen LogP contribution is -2.37. The second-order valence-electron chi connectivity index (χ2n) is 6.12. The Morgan fingerprint density at radius 1 is 0.840 bits per heavy atom. The van der Waals surface area contributed by atoms with Crippen molar-refractivity contribution < 1.29 is 17.3 Å². The van der Waals surface area contributed by atoms with Gasteiger partial charge in [-0.15, -0.1) is 0 Å². The molecule has 0 N–H and O–H groups in total. The Morgan fingerprint density at radius 2 is 1.24 bits per heavy atom. The van der Waals surface area contributed by atoms with E-state index in [9.17, 15) is 12.9 Å². The topological polar surface area (TPSA) is 49.9 Å². The molecule has 8 heteroatoms. The van der Waals surface area contributed by atoms with Crippen molar-refractivity contribution in [1.82, 2.24) is 9.34 Å². The molecule has 0 amide bonds. The summed E-state index contributed by atoms with van der Waals surface area (Å²) in [5, 5.41) is 0. The number of hydrogen-bond acceptors (Lipinski definition) is 5. The van der Waals surface area contributed by atoms with Crippen molar-refractivity contribution in [3.05, 3.63) is 0 Å². The highest BCUT2D eigenvalue weighted by Gasteiger charge is 2.42. The Morgan fingerprint density at radius 3 is 1.52 bits per heavy atom. The molecule has 0 atom stereocenters. The number of halogens is 1. The first-order chi connectivity index (χ1) is 11.7. The molecule has 5 nitrogen and oxygen atoms in total. The Bertz CT molecular complexity index is 391. The van der Waals surface area contributed by atoms with Crippen molar-refractivity contribution in [2.24, 2.45) is 0 Å². The van der Waals surface area contributed by atoms with Gasteiger partial charge in [-0.2, -0.15) is 17.8 Å². The molecular weight excluding hydrogens is 362 g/mol. The van der Waals surface area contributed by atoms with E-state index in [0.717, 1.165) is 0 Å². The number of unbranched alkanes of at least 4 members (excludes halogenated alkanes) is 2. The molecule has 0 bridgehead atoms. The molecule has 0 heterocycles. The summed E-state index contributed by atoms with van der Waals surface area (Å²) in [4.78, 5) is 0. The number of rotatable bonds is 13. The van der Waals surface area contributed by atoms with Crippen LogP contribution in [0.25, 0.3) is 0 Å². The van der Waals surface area contributed by atoms with Crippen LogP contribution in [0.4, 0.5) is 4.53 Å². The Labute approximate surface area is 156 Å². The highest BCUT2D eigenvalue weighted by molar-refractivity contribution is 7.86. The molecule has 0 aliphatic rings. The Kier molecular flexibility index (Phi) is 16.7. The van der Waals surface area contributed by atoms with E-state index < -0.39 is 17.7 Å². The van der Waals surface area contributed by atoms with Crippen LogP contribution in [0.3, 0.4) is 0 Å². The maximum atomic E-state index is 11.0. The summed E-state index contributed by atoms with van der Waals surface area (Å²) in [6, 6.07) is 0. The molecular formula is C17H41FN2O3PS+. The number of nitrogens with zero attached hydrogens (tertiary/aromatic N) is 2. The van der Waals surface area contributed by atoms with Gasteiger partial charge >= 0.3 is 0 Å². The fraction of sp³-hybridized carbons (Fsp3) is 1.00. The van der Waals surface area contributed by atoms with Crippen LogP contribution in [0, 0.1) is 0 Å². The summed E-state index contributed by atoms with van der Waals surface area (Å²) >= 11 is 0. The third-order valence-corrected chi connectivity index (χ3v) is 10.2. The predicted octanol–water partition coefficient (Wildman–Crippen LogP) is 4.96. The summed E-state index contributed by atoms with van der Waals surface area (Å²) in [7, 11) is -4.89. The van der Waals surface area contributed by atoms with Gasteiger partial charge < -0.3 is 0 Å². The molecule has 0 radical (unpaired) electrons. The molecule has 0 aromatic heterocycles. The van der Waals surface area contributed by atoms with Crippen LogP contribution in [0.15, 0.2) is 0 Å². The van der Waals surface area contributed by atoms with E-state index >= 15 is 0 Å². The van der Waals surface area contributed by atoms with Gasteiger partial charge in [0.25, 0.3) is 10.1 Å². The summed E-state index contributed by atoms with van der Waals surface area (Å²) in [5.74, 6) is -0.236. The Hall–Kier alpha value is 0.190. The molecule has 0 fully saturated rings. The standard InChI is InChI=1S/C13H32N2P.C4H9FO3S/c1-7-12-13-16(6,14(8-2)9-3)15(10-4)11-5;1-2-3-4-9(6,7)8-5/h7-13H2,1-6H3;2-4H2,1H3/q+1;. The van der Waals surface area contributed by atoms with Crippen LogP contribution in [-0.2, 0) is 14.5 Å². The molecule has 0 aromatic carbocycles. The minimum atomic E-state index is -3.85. The second kappa shape index (κ2) is 15.3. The van der Waals surface area contributed by atoms with Crippen LogP contribution < -0.4 is 0 Å². The van der Waals surface area contributed by atoms with Crippen molar-refractivity contribution in [1.29, 1.82) is 0 Å². The van der Waals surface area contributed by atoms with Gasteiger partial charge in [0.05, 0.1) is 18.6 Å². The van der Waals surface area contributed by atoms with E-state index in [4.69, 9.17) is 0 Å². The lowest BCUT2D eigenvalue weighted by molar-refractivity contribution is 0.00290. The van der Waals surface area contributed by atoms with E-state index in [1.807, 2.05) is 6.92 Å². The first kappa shape index (κ1) is 27.4. The Balaban J connectivity index is 0. The van der Waals surface area contributed by atoms with Gasteiger partial charge in [-0.25, -0.2) is 0 Å². The normalized spacial score (nSPS) is 12.4. The monoisotopic (exact) mass is 403 g/mol. The summed E-state index contributed by atoms with van der Waals surface area (Å²) in [6.07, 6.45) is 5.23. The zero-order valence-corrected chi connectivity index (χ0v) is 19.1. The lowest BCUT2D eigenvalue weighted by atomic mass is 10.4. The van der Waals surface area contributed by atoms with Crippen LogP contribution >= 0.6 is 7.56 Å². The summed E-state index contributed by atoms with van der Waals surface area (Å²) < 4.78 is 39.5. The molecule has 0 aliphatic heterocycles. The third kappa shape index (κ3) is 10.8. The van der Waals surface area contributed by atoms with Crippen LogP contribution in [0.2, 0.25) is 0 Å². The maximum Gasteiger partial charge on any atom is 0.297 e. The molecule has 0 saturated carbocycles. The predicted molar refractivity (Wildman–Crippen MR) is 109 cm³/mol. The smallest absolute Gasteiger partial charge is 0.197 e. The quantitative estimate of drug-likeness (QED) is 0.407. The highest BCUT2D eigenvalue weighted by Crippen LogP contribution is 2.61. The largest absolute Gasteiger partial charge is 0.297 e. The van der Waals surface area contributed by atoms with E-state index in [1.54, 1.807) is 0 Å². The molecule has 0 rings (SSSR count). The van der Waals surface area contributed by atoms with Gasteiger partial charge in [-0.3, -0.25) is 0 Å². The average Bonchev–Trinajstić information content (AvgIpc) is 2.61. The zero-order valence-electron chi connectivity index (χ0n) is 17.4. The van der Waals surface area contributed by atoms with Crippen molar-refractivity contribution in [3.63, 3.8) is 0 Å². The molecule has 25 heavy (non-hydrogen) atoms. The van der Waals surface area contributed by atoms with Crippen molar-refractivity contribution in [3.8, 4) is 0 Å². The minimum Gasteiger partial charge on any atom is -0.197 e. The SMILES string of the molecule is CCCCS(=O)(=O)OF.CCCC[P+](C)(N(CC)CC)N(CC)CC. The average molecular weight is 404 g/mol. The van der Waals surface area contributed by atoms with Gasteiger partial charge in [-0.1, -0.05) is 31.1 Å². The first-order valence-electron chi connectivity index (χ1n) is 9.61. The van der Waals surface area contributed by atoms with E-state index in [2.05, 4.69) is 55.0 Å². The fourth-order valence-corrected chi connectivity index (χ4v) is 7.92. The summed E-state index contributed by atoms with van der Waals surface area (Å²) in [6.45, 7) is 20.6. The molecule has 0 spiro atoms. The van der Waals surface area contributed by atoms with Gasteiger partial charge in [0.15, 0.2) is 0 Å². The van der Waals surface area contributed by atoms with Gasteiger partial charge in [-0.05, 0) is 45.1 Å². The lowest BCUT2D eigenvalue weighted by Gasteiger charge is -2.39. The molecule has 154 valence electrons. The van der Waals surface area contributed by atoms with Gasteiger partial charge in [0, 0.05) is 26.2 Å². The molecule has 0 aliphatic carbocycles. The molecule has 0 aromatic rings. The van der Waals surface area contributed by atoms with E-state index in [1.165, 1.54) is 45.2 Å². The van der Waals surface area contributed by atoms with Crippen LogP contribution in [0.1, 0.15) is 67.2 Å². The van der Waals surface area contributed by atoms with Crippen molar-refractivity contribution in [2.75, 3.05) is 44.8 Å². The molecule has 0 saturated heterocycles. The summed E-state index contributed by atoms with van der Waals surface area (Å²) in [5.41, 5.74) is 0. The fourth-order valence-electron chi connectivity index (χ4n) is 2.94. The highest BCUT2D eigenvalue weighted by atomic mass is 32.2. The third-order valence-electron chi connectivity index (χ3n) is 4.46. The van der Waals surface area contributed by atoms with Crippen LogP contribution in [0.5, 0.6) is 0 Å². The van der Waals surface area contributed by atoms with Gasteiger partial charge in [0.1, 0.15) is 7.56 Å². The van der Waals surface area contributed by atoms with E-state index in [0.29, 0.717) is 12.8 Å². The van der Waals surface area contributed by atoms with Crippen molar-refractivity contribution in [2.45, 2.75) is 67.2 Å². The number of hydrogen-bond donors (Lipinski definition) is 0. The van der Waals surface area contributed by atoms with Crippen molar-refractivity contribution >= 4 is 17.7 Å². The van der Waals surface area contributed by atoms with Crippen LogP contribution in [-0.4, -0.2) is 62.5 Å². The second-order valence-corrected chi connectivity index (χ2v) is 11.5. The van der Waals surface area contributed by atoms with Gasteiger partial charge in [0.2, 0.25) is 0 Å².